The molecule has 0 amide bonds. The Morgan fingerprint density at radius 2 is 2.37 bits per heavy atom. The maximum atomic E-state index is 10.5. The Bertz CT molecular complexity index is 474. The number of aliphatic carboxylic acids is 1. The highest BCUT2D eigenvalue weighted by Gasteiger charge is 2.24. The number of nitrogens with zero attached hydrogens (tertiary/aromatic N) is 3. The van der Waals surface area contributed by atoms with Crippen LogP contribution in [0.2, 0.25) is 0 Å². The maximum absolute atomic E-state index is 10.5. The van der Waals surface area contributed by atoms with Gasteiger partial charge in [-0.05, 0) is 24.8 Å². The molecule has 1 unspecified atom stereocenters. The number of nitro groups is 1. The average molecular weight is 265 g/mol. The summed E-state index contributed by atoms with van der Waals surface area (Å²) in [5.41, 5.74) is -0.0228. The summed E-state index contributed by atoms with van der Waals surface area (Å²) in [6, 6.07) is 3.07. The predicted octanol–water partition coefficient (Wildman–Crippen LogP) is 1.68. The molecule has 0 aliphatic carbocycles. The first-order valence-corrected chi connectivity index (χ1v) is 6.13. The van der Waals surface area contributed by atoms with Crippen LogP contribution in [0.5, 0.6) is 0 Å². The molecule has 19 heavy (non-hydrogen) atoms. The zero-order valence-electron chi connectivity index (χ0n) is 10.4. The fraction of sp³-hybridized carbons (Fsp3) is 0.500. The predicted molar refractivity (Wildman–Crippen MR) is 68.1 cm³/mol. The fourth-order valence-corrected chi connectivity index (χ4v) is 2.28. The smallest absolute Gasteiger partial charge is 0.303 e. The van der Waals surface area contributed by atoms with Crippen LogP contribution >= 0.6 is 0 Å². The second kappa shape index (κ2) is 5.64. The van der Waals surface area contributed by atoms with E-state index in [1.54, 1.807) is 6.07 Å². The van der Waals surface area contributed by atoms with Gasteiger partial charge in [0.15, 0.2) is 0 Å². The fourth-order valence-electron chi connectivity index (χ4n) is 2.28. The Morgan fingerprint density at radius 1 is 1.58 bits per heavy atom. The van der Waals surface area contributed by atoms with Gasteiger partial charge in [-0.3, -0.25) is 14.9 Å². The minimum Gasteiger partial charge on any atom is -0.481 e. The van der Waals surface area contributed by atoms with Gasteiger partial charge >= 0.3 is 5.97 Å². The van der Waals surface area contributed by atoms with Crippen LogP contribution < -0.4 is 4.90 Å². The summed E-state index contributed by atoms with van der Waals surface area (Å²) in [4.78, 5) is 26.7. The maximum Gasteiger partial charge on any atom is 0.303 e. The molecule has 1 fully saturated rings. The highest BCUT2D eigenvalue weighted by Crippen LogP contribution is 2.26. The van der Waals surface area contributed by atoms with Gasteiger partial charge in [0.2, 0.25) is 0 Å². The third-order valence-electron chi connectivity index (χ3n) is 3.32. The molecule has 2 rings (SSSR count). The third kappa shape index (κ3) is 3.40. The molecule has 1 N–H and O–H groups in total. The third-order valence-corrected chi connectivity index (χ3v) is 3.32. The van der Waals surface area contributed by atoms with Crippen molar-refractivity contribution in [1.82, 2.24) is 4.98 Å². The minimum absolute atomic E-state index is 0.0228. The van der Waals surface area contributed by atoms with E-state index in [2.05, 4.69) is 4.98 Å². The summed E-state index contributed by atoms with van der Waals surface area (Å²) in [6.07, 6.45) is 3.04. The molecule has 7 nitrogen and oxygen atoms in total. The lowest BCUT2D eigenvalue weighted by Gasteiger charge is -2.16. The molecule has 1 atom stereocenters. The molecule has 2 heterocycles. The number of hydrogen-bond donors (Lipinski definition) is 1. The van der Waals surface area contributed by atoms with Gasteiger partial charge in [-0.15, -0.1) is 0 Å². The standard InChI is InChI=1S/C12H15N3O4/c16-12(17)4-1-9-5-6-14(8-9)11-3-2-10(7-13-11)15(18)19/h2-3,7,9H,1,4-6,8H2,(H,16,17). The molecule has 1 aliphatic heterocycles. The van der Waals surface area contributed by atoms with Crippen molar-refractivity contribution in [2.24, 2.45) is 5.92 Å². The number of carboxylic acid groups (broad SMARTS) is 1. The van der Waals surface area contributed by atoms with Crippen molar-refractivity contribution in [2.75, 3.05) is 18.0 Å². The van der Waals surface area contributed by atoms with Crippen LogP contribution in [-0.2, 0) is 4.79 Å². The van der Waals surface area contributed by atoms with Crippen molar-refractivity contribution in [2.45, 2.75) is 19.3 Å². The lowest BCUT2D eigenvalue weighted by atomic mass is 10.0. The Hall–Kier alpha value is -2.18. The topological polar surface area (TPSA) is 96.6 Å². The Labute approximate surface area is 110 Å². The van der Waals surface area contributed by atoms with Gasteiger partial charge in [0.25, 0.3) is 5.69 Å². The molecule has 7 heteroatoms. The monoisotopic (exact) mass is 265 g/mol. The molecule has 1 aromatic heterocycles. The molecule has 102 valence electrons. The van der Waals surface area contributed by atoms with Crippen LogP contribution in [0, 0.1) is 16.0 Å². The normalized spacial score (nSPS) is 18.5. The second-order valence-corrected chi connectivity index (χ2v) is 4.66. The van der Waals surface area contributed by atoms with Gasteiger partial charge in [-0.1, -0.05) is 0 Å². The van der Waals surface area contributed by atoms with Gasteiger partial charge in [0.05, 0.1) is 4.92 Å². The first kappa shape index (κ1) is 13.3. The Morgan fingerprint density at radius 3 is 2.95 bits per heavy atom. The molecule has 1 saturated heterocycles. The molecule has 0 spiro atoms. The number of pyridine rings is 1. The van der Waals surface area contributed by atoms with Crippen LogP contribution in [0.4, 0.5) is 11.5 Å². The molecular weight excluding hydrogens is 250 g/mol. The van der Waals surface area contributed by atoms with Gasteiger partial charge < -0.3 is 10.0 Å². The van der Waals surface area contributed by atoms with E-state index in [-0.39, 0.29) is 12.1 Å². The number of anilines is 1. The lowest BCUT2D eigenvalue weighted by molar-refractivity contribution is -0.385. The average Bonchev–Trinajstić information content (AvgIpc) is 2.85. The quantitative estimate of drug-likeness (QED) is 0.642. The number of rotatable bonds is 5. The molecule has 0 aromatic carbocycles. The molecule has 0 saturated carbocycles. The summed E-state index contributed by atoms with van der Waals surface area (Å²) >= 11 is 0. The SMILES string of the molecule is O=C(O)CCC1CCN(c2ccc([N+](=O)[O-])cn2)C1. The molecular formula is C12H15N3O4. The van der Waals surface area contributed by atoms with E-state index >= 15 is 0 Å². The summed E-state index contributed by atoms with van der Waals surface area (Å²) in [7, 11) is 0. The van der Waals surface area contributed by atoms with E-state index in [4.69, 9.17) is 5.11 Å². The lowest BCUT2D eigenvalue weighted by Crippen LogP contribution is -2.20. The zero-order valence-corrected chi connectivity index (χ0v) is 10.4. The number of hydrogen-bond acceptors (Lipinski definition) is 5. The zero-order chi connectivity index (χ0) is 13.8. The Kier molecular flexibility index (Phi) is 3.94. The number of carbonyl (C=O) groups is 1. The van der Waals surface area contributed by atoms with Crippen molar-refractivity contribution in [1.29, 1.82) is 0 Å². The summed E-state index contributed by atoms with van der Waals surface area (Å²) in [5.74, 6) is 0.295. The molecule has 0 radical (unpaired) electrons. The first-order valence-electron chi connectivity index (χ1n) is 6.13. The van der Waals surface area contributed by atoms with E-state index in [0.29, 0.717) is 18.2 Å². The van der Waals surface area contributed by atoms with Gasteiger partial charge in [-0.2, -0.15) is 0 Å². The molecule has 1 aliphatic rings. The number of carboxylic acids is 1. The largest absolute Gasteiger partial charge is 0.481 e. The van der Waals surface area contributed by atoms with E-state index in [1.807, 2.05) is 4.90 Å². The molecule has 0 bridgehead atoms. The van der Waals surface area contributed by atoms with Crippen LogP contribution in [0.1, 0.15) is 19.3 Å². The highest BCUT2D eigenvalue weighted by molar-refractivity contribution is 5.66. The Balaban J connectivity index is 1.93. The van der Waals surface area contributed by atoms with Crippen LogP contribution in [0.3, 0.4) is 0 Å². The summed E-state index contributed by atoms with van der Waals surface area (Å²) < 4.78 is 0. The van der Waals surface area contributed by atoms with Crippen molar-refractivity contribution in [3.8, 4) is 0 Å². The number of aromatic nitrogens is 1. The summed E-state index contributed by atoms with van der Waals surface area (Å²) in [5, 5.41) is 19.2. The van der Waals surface area contributed by atoms with Crippen LogP contribution in [0.25, 0.3) is 0 Å². The minimum atomic E-state index is -0.771. The van der Waals surface area contributed by atoms with Gasteiger partial charge in [0, 0.05) is 25.6 Å². The van der Waals surface area contributed by atoms with Crippen molar-refractivity contribution in [3.63, 3.8) is 0 Å². The van der Waals surface area contributed by atoms with E-state index in [0.717, 1.165) is 19.5 Å². The van der Waals surface area contributed by atoms with Gasteiger partial charge in [0.1, 0.15) is 12.0 Å². The van der Waals surface area contributed by atoms with Crippen LogP contribution in [0.15, 0.2) is 18.3 Å². The van der Waals surface area contributed by atoms with Crippen molar-refractivity contribution < 1.29 is 14.8 Å². The van der Waals surface area contributed by atoms with Crippen LogP contribution in [-0.4, -0.2) is 34.1 Å². The highest BCUT2D eigenvalue weighted by atomic mass is 16.6. The molecule has 1 aromatic rings. The summed E-state index contributed by atoms with van der Waals surface area (Å²) in [6.45, 7) is 1.58. The van der Waals surface area contributed by atoms with E-state index < -0.39 is 10.9 Å². The van der Waals surface area contributed by atoms with Crippen molar-refractivity contribution in [3.05, 3.63) is 28.4 Å². The second-order valence-electron chi connectivity index (χ2n) is 4.66. The van der Waals surface area contributed by atoms with E-state index in [9.17, 15) is 14.9 Å². The van der Waals surface area contributed by atoms with Crippen molar-refractivity contribution >= 4 is 17.5 Å². The van der Waals surface area contributed by atoms with Gasteiger partial charge in [-0.25, -0.2) is 4.98 Å². The van der Waals surface area contributed by atoms with E-state index in [1.165, 1.54) is 12.3 Å². The first-order chi connectivity index (χ1) is 9.06.